The van der Waals surface area contributed by atoms with E-state index in [1.807, 2.05) is 22.9 Å². The van der Waals surface area contributed by atoms with Gasteiger partial charge in [-0.25, -0.2) is 0 Å². The van der Waals surface area contributed by atoms with Gasteiger partial charge in [0.25, 0.3) is 0 Å². The number of carbonyl (C=O) groups is 1. The average molecular weight is 503 g/mol. The number of nitrogens with zero attached hydrogens (tertiary/aromatic N) is 1. The lowest BCUT2D eigenvalue weighted by atomic mass is 9.48. The largest absolute Gasteiger partial charge is 0.504 e. The Morgan fingerprint density at radius 1 is 1.24 bits per heavy atom. The molecule has 6 nitrogen and oxygen atoms in total. The molecule has 34 heavy (non-hydrogen) atoms. The fourth-order valence-corrected chi connectivity index (χ4v) is 8.13. The van der Waals surface area contributed by atoms with Crippen LogP contribution in [0.3, 0.4) is 0 Å². The lowest BCUT2D eigenvalue weighted by Gasteiger charge is -2.64. The summed E-state index contributed by atoms with van der Waals surface area (Å²) in [5, 5.41) is 30.4. The van der Waals surface area contributed by atoms with Crippen molar-refractivity contribution in [3.05, 3.63) is 45.6 Å². The van der Waals surface area contributed by atoms with Gasteiger partial charge in [-0.2, -0.15) is 11.3 Å². The normalized spacial score (nSPS) is 35.1. The van der Waals surface area contributed by atoms with Gasteiger partial charge in [0.15, 0.2) is 11.5 Å². The van der Waals surface area contributed by atoms with Crippen molar-refractivity contribution in [1.82, 2.24) is 10.2 Å². The smallest absolute Gasteiger partial charge is 0.224 e. The van der Waals surface area contributed by atoms with Gasteiger partial charge in [-0.1, -0.05) is 6.07 Å². The van der Waals surface area contributed by atoms with Gasteiger partial charge < -0.3 is 20.3 Å². The molecule has 5 atom stereocenters. The molecule has 7 rings (SSSR count). The Morgan fingerprint density at radius 3 is 2.85 bits per heavy atom. The Labute approximate surface area is 209 Å². The molecule has 3 aliphatic carbocycles. The topological polar surface area (TPSA) is 82.0 Å². The molecule has 1 amide bonds. The number of amides is 1. The van der Waals surface area contributed by atoms with Crippen LogP contribution in [0.25, 0.3) is 0 Å². The number of halogens is 1. The van der Waals surface area contributed by atoms with E-state index in [-0.39, 0.29) is 42.3 Å². The SMILES string of the molecule is Cl.O=C(Cc1ccsc1)N[C@H]1CC[C@@]2(O)[C@H]3Cc4ccc(O)c5c4[C@@]2(CCN3CC2CC2)[C@H]1O5. The Balaban J connectivity index is 0.00000217. The molecule has 3 N–H and O–H groups in total. The maximum absolute atomic E-state index is 12.9. The van der Waals surface area contributed by atoms with Crippen LogP contribution < -0.4 is 10.1 Å². The summed E-state index contributed by atoms with van der Waals surface area (Å²) < 4.78 is 6.51. The van der Waals surface area contributed by atoms with E-state index < -0.39 is 11.0 Å². The molecule has 0 radical (unpaired) electrons. The minimum absolute atomic E-state index is 0. The number of phenolic OH excluding ortho intramolecular Hbond substituents is 1. The molecule has 3 heterocycles. The van der Waals surface area contributed by atoms with E-state index in [0.717, 1.165) is 43.0 Å². The molecule has 2 aromatic rings. The fourth-order valence-electron chi connectivity index (χ4n) is 7.47. The number of nitrogens with one attached hydrogen (secondary N) is 1. The molecule has 2 bridgehead atoms. The molecule has 1 spiro atoms. The first-order valence-electron chi connectivity index (χ1n) is 12.3. The third-order valence-electron chi connectivity index (χ3n) is 9.05. The van der Waals surface area contributed by atoms with Crippen LogP contribution in [0.4, 0.5) is 0 Å². The second-order valence-corrected chi connectivity index (χ2v) is 11.6. The van der Waals surface area contributed by atoms with Crippen molar-refractivity contribution < 1.29 is 19.7 Å². The van der Waals surface area contributed by atoms with Crippen molar-refractivity contribution in [3.63, 3.8) is 0 Å². The number of carbonyl (C=O) groups excluding carboxylic acids is 1. The van der Waals surface area contributed by atoms with Crippen LogP contribution in [-0.2, 0) is 23.1 Å². The van der Waals surface area contributed by atoms with Gasteiger partial charge >= 0.3 is 0 Å². The molecule has 0 unspecified atom stereocenters. The molecule has 1 aromatic carbocycles. The first kappa shape index (κ1) is 22.7. The zero-order valence-corrected chi connectivity index (χ0v) is 20.7. The highest BCUT2D eigenvalue weighted by molar-refractivity contribution is 7.08. The zero-order chi connectivity index (χ0) is 22.4. The summed E-state index contributed by atoms with van der Waals surface area (Å²) in [6, 6.07) is 5.61. The van der Waals surface area contributed by atoms with E-state index in [2.05, 4.69) is 10.2 Å². The van der Waals surface area contributed by atoms with E-state index in [0.29, 0.717) is 25.0 Å². The fraction of sp³-hybridized carbons (Fsp3) is 0.577. The molecule has 1 saturated heterocycles. The Kier molecular flexibility index (Phi) is 5.23. The standard InChI is InChI=1S/C26H30N2O4S.ClH/c29-19-4-3-17-12-20-26(31)7-5-18(27-21(30)11-16-6-10-33-14-16)24-25(26,22(17)23(19)32-24)8-9-28(20)13-15-1-2-15;/h3-4,6,10,14-15,18,20,24,29,31H,1-2,5,7-9,11-13H2,(H,27,30);1H/t18-,20+,24-,25-,26+;/m0./s1. The lowest BCUT2D eigenvalue weighted by Crippen LogP contribution is -2.78. The number of hydrogen-bond acceptors (Lipinski definition) is 6. The van der Waals surface area contributed by atoms with Gasteiger partial charge in [-0.3, -0.25) is 9.69 Å². The molecule has 2 saturated carbocycles. The van der Waals surface area contributed by atoms with Gasteiger partial charge in [-0.05, 0) is 85.0 Å². The van der Waals surface area contributed by atoms with Crippen molar-refractivity contribution in [2.45, 2.75) is 74.1 Å². The Hall–Kier alpha value is -1.80. The van der Waals surface area contributed by atoms with Gasteiger partial charge in [0, 0.05) is 18.2 Å². The molecule has 182 valence electrons. The van der Waals surface area contributed by atoms with Crippen LogP contribution in [0.1, 0.15) is 48.8 Å². The van der Waals surface area contributed by atoms with Crippen LogP contribution >= 0.6 is 23.7 Å². The predicted molar refractivity (Wildman–Crippen MR) is 132 cm³/mol. The summed E-state index contributed by atoms with van der Waals surface area (Å²) in [4.78, 5) is 15.4. The number of ether oxygens (including phenoxy) is 1. The number of likely N-dealkylation sites (tertiary alicyclic amines) is 1. The van der Waals surface area contributed by atoms with E-state index in [9.17, 15) is 15.0 Å². The average Bonchev–Trinajstić information content (AvgIpc) is 3.31. The number of piperidine rings is 1. The van der Waals surface area contributed by atoms with Crippen LogP contribution in [-0.4, -0.2) is 57.9 Å². The molecule has 3 fully saturated rings. The molecule has 2 aliphatic heterocycles. The highest BCUT2D eigenvalue weighted by atomic mass is 35.5. The number of aliphatic hydroxyl groups is 1. The third kappa shape index (κ3) is 3.03. The second-order valence-electron chi connectivity index (χ2n) is 10.8. The summed E-state index contributed by atoms with van der Waals surface area (Å²) in [7, 11) is 0. The number of thiophene rings is 1. The number of rotatable bonds is 5. The third-order valence-corrected chi connectivity index (χ3v) is 9.79. The van der Waals surface area contributed by atoms with Gasteiger partial charge in [-0.15, -0.1) is 12.4 Å². The molecule has 1 aromatic heterocycles. The van der Waals surface area contributed by atoms with Gasteiger partial charge in [0.05, 0.1) is 23.5 Å². The van der Waals surface area contributed by atoms with Crippen molar-refractivity contribution in [3.8, 4) is 11.5 Å². The monoisotopic (exact) mass is 502 g/mol. The summed E-state index contributed by atoms with van der Waals surface area (Å²) in [5.41, 5.74) is 1.72. The number of phenols is 1. The van der Waals surface area contributed by atoms with E-state index in [1.165, 1.54) is 18.4 Å². The van der Waals surface area contributed by atoms with Crippen molar-refractivity contribution in [2.24, 2.45) is 5.92 Å². The quantitative estimate of drug-likeness (QED) is 0.585. The second kappa shape index (κ2) is 7.85. The summed E-state index contributed by atoms with van der Waals surface area (Å²) in [6.07, 6.45) is 5.47. The molecular weight excluding hydrogens is 472 g/mol. The Morgan fingerprint density at radius 2 is 2.09 bits per heavy atom. The van der Waals surface area contributed by atoms with E-state index in [4.69, 9.17) is 4.74 Å². The van der Waals surface area contributed by atoms with E-state index in [1.54, 1.807) is 17.4 Å². The van der Waals surface area contributed by atoms with Crippen molar-refractivity contribution in [2.75, 3.05) is 13.1 Å². The minimum atomic E-state index is -0.911. The summed E-state index contributed by atoms with van der Waals surface area (Å²) >= 11 is 1.59. The van der Waals surface area contributed by atoms with Crippen molar-refractivity contribution >= 4 is 29.7 Å². The van der Waals surface area contributed by atoms with Crippen LogP contribution in [0.15, 0.2) is 29.0 Å². The zero-order valence-electron chi connectivity index (χ0n) is 19.0. The molecule has 8 heteroatoms. The lowest BCUT2D eigenvalue weighted by molar-refractivity contribution is -0.192. The highest BCUT2D eigenvalue weighted by Gasteiger charge is 2.73. The van der Waals surface area contributed by atoms with Gasteiger partial charge in [0.1, 0.15) is 6.10 Å². The van der Waals surface area contributed by atoms with Crippen LogP contribution in [0, 0.1) is 5.92 Å². The van der Waals surface area contributed by atoms with Gasteiger partial charge in [0.2, 0.25) is 5.91 Å². The first-order chi connectivity index (χ1) is 16.0. The minimum Gasteiger partial charge on any atom is -0.504 e. The number of benzene rings is 1. The number of aromatic hydroxyl groups is 1. The molecular formula is C26H31ClN2O4S. The maximum atomic E-state index is 12.9. The summed E-state index contributed by atoms with van der Waals surface area (Å²) in [5.74, 6) is 1.43. The van der Waals surface area contributed by atoms with Crippen LogP contribution in [0.5, 0.6) is 11.5 Å². The first-order valence-corrected chi connectivity index (χ1v) is 13.2. The Bertz CT molecular complexity index is 1120. The van der Waals surface area contributed by atoms with Crippen molar-refractivity contribution in [1.29, 1.82) is 0 Å². The van der Waals surface area contributed by atoms with E-state index >= 15 is 0 Å². The number of hydrogen-bond donors (Lipinski definition) is 3. The molecule has 5 aliphatic rings. The summed E-state index contributed by atoms with van der Waals surface area (Å²) in [6.45, 7) is 1.99. The highest BCUT2D eigenvalue weighted by Crippen LogP contribution is 2.65. The maximum Gasteiger partial charge on any atom is 0.224 e. The predicted octanol–water partition coefficient (Wildman–Crippen LogP) is 3.17. The van der Waals surface area contributed by atoms with Crippen LogP contribution in [0.2, 0.25) is 0 Å².